The first-order chi connectivity index (χ1) is 11.1. The maximum atomic E-state index is 12.2. The zero-order valence-electron chi connectivity index (χ0n) is 16.2. The van der Waals surface area contributed by atoms with Crippen LogP contribution in [0.25, 0.3) is 0 Å². The van der Waals surface area contributed by atoms with Crippen molar-refractivity contribution in [2.75, 3.05) is 14.2 Å². The Bertz CT molecular complexity index is 493. The molecular formula is C20H33NO3. The number of benzene rings is 1. The van der Waals surface area contributed by atoms with Gasteiger partial charge in [-0.2, -0.15) is 0 Å². The Balaban J connectivity index is 2.81. The van der Waals surface area contributed by atoms with Gasteiger partial charge in [-0.3, -0.25) is 9.69 Å². The fourth-order valence-electron chi connectivity index (χ4n) is 3.09. The molecular weight excluding hydrogens is 302 g/mol. The van der Waals surface area contributed by atoms with Crippen molar-refractivity contribution in [2.24, 2.45) is 5.92 Å². The van der Waals surface area contributed by atoms with E-state index in [9.17, 15) is 4.79 Å². The third-order valence-electron chi connectivity index (χ3n) is 3.94. The Hall–Kier alpha value is -1.39. The molecule has 0 saturated carbocycles. The lowest BCUT2D eigenvalue weighted by atomic mass is 9.94. The Kier molecular flexibility index (Phi) is 7.91. The van der Waals surface area contributed by atoms with Gasteiger partial charge in [-0.25, -0.2) is 0 Å². The predicted molar refractivity (Wildman–Crippen MR) is 97.8 cm³/mol. The Labute approximate surface area is 147 Å². The average Bonchev–Trinajstić information content (AvgIpc) is 2.45. The molecule has 0 aliphatic rings. The first-order valence-electron chi connectivity index (χ1n) is 8.63. The normalized spacial score (nSPS) is 14.7. The molecule has 2 atom stereocenters. The number of ether oxygens (including phenoxy) is 2. The molecule has 0 N–H and O–H groups in total. The van der Waals surface area contributed by atoms with E-state index in [-0.39, 0.29) is 24.5 Å². The molecule has 136 valence electrons. The lowest BCUT2D eigenvalue weighted by Gasteiger charge is -2.36. The zero-order chi connectivity index (χ0) is 18.3. The van der Waals surface area contributed by atoms with Crippen LogP contribution < -0.4 is 0 Å². The van der Waals surface area contributed by atoms with Gasteiger partial charge in [0.2, 0.25) is 0 Å². The highest BCUT2D eigenvalue weighted by Gasteiger charge is 2.31. The zero-order valence-corrected chi connectivity index (χ0v) is 16.2. The molecule has 0 amide bonds. The Morgan fingerprint density at radius 1 is 1.17 bits per heavy atom. The topological polar surface area (TPSA) is 38.8 Å². The molecule has 0 heterocycles. The number of carbonyl (C=O) groups excluding carboxylic acids is 1. The maximum absolute atomic E-state index is 12.2. The monoisotopic (exact) mass is 335 g/mol. The highest BCUT2D eigenvalue weighted by molar-refractivity contribution is 5.70. The predicted octanol–water partition coefficient (Wildman–Crippen LogP) is 3.89. The molecule has 0 bridgehead atoms. The summed E-state index contributed by atoms with van der Waals surface area (Å²) in [4.78, 5) is 14.5. The molecule has 1 rings (SSSR count). The van der Waals surface area contributed by atoms with Crippen LogP contribution in [0.15, 0.2) is 30.3 Å². The van der Waals surface area contributed by atoms with Crippen LogP contribution in [0.5, 0.6) is 0 Å². The summed E-state index contributed by atoms with van der Waals surface area (Å²) in [5, 5.41) is 0. The third kappa shape index (κ3) is 7.02. The van der Waals surface area contributed by atoms with Crippen LogP contribution in [0.1, 0.15) is 46.6 Å². The quantitative estimate of drug-likeness (QED) is 0.676. The summed E-state index contributed by atoms with van der Waals surface area (Å²) in [6.07, 6.45) is 0.0593. The van der Waals surface area contributed by atoms with Gasteiger partial charge >= 0.3 is 5.97 Å². The van der Waals surface area contributed by atoms with E-state index in [1.807, 2.05) is 39.0 Å². The van der Waals surface area contributed by atoms with Gasteiger partial charge in [0.05, 0.1) is 12.5 Å². The molecule has 2 unspecified atom stereocenters. The molecule has 0 aromatic heterocycles. The molecule has 1 aromatic carbocycles. The molecule has 0 spiro atoms. The fraction of sp³-hybridized carbons (Fsp3) is 0.650. The van der Waals surface area contributed by atoms with Crippen molar-refractivity contribution < 1.29 is 14.3 Å². The number of esters is 1. The van der Waals surface area contributed by atoms with E-state index in [0.29, 0.717) is 5.92 Å². The van der Waals surface area contributed by atoms with Crippen LogP contribution >= 0.6 is 0 Å². The minimum Gasteiger partial charge on any atom is -0.460 e. The molecule has 0 aliphatic carbocycles. The summed E-state index contributed by atoms with van der Waals surface area (Å²) < 4.78 is 11.1. The minimum atomic E-state index is -0.474. The van der Waals surface area contributed by atoms with Gasteiger partial charge in [0.25, 0.3) is 0 Å². The van der Waals surface area contributed by atoms with Crippen molar-refractivity contribution in [1.82, 2.24) is 4.90 Å². The summed E-state index contributed by atoms with van der Waals surface area (Å²) in [6, 6.07) is 10.5. The summed E-state index contributed by atoms with van der Waals surface area (Å²) >= 11 is 0. The number of hydrogen-bond donors (Lipinski definition) is 0. The average molecular weight is 335 g/mol. The summed E-state index contributed by atoms with van der Waals surface area (Å²) in [5.74, 6) is 0.138. The van der Waals surface area contributed by atoms with Crippen LogP contribution in [0.3, 0.4) is 0 Å². The summed E-state index contributed by atoms with van der Waals surface area (Å²) in [5.41, 5.74) is 0.774. The van der Waals surface area contributed by atoms with Crippen molar-refractivity contribution in [1.29, 1.82) is 0 Å². The first kappa shape index (κ1) is 20.7. The van der Waals surface area contributed by atoms with E-state index in [4.69, 9.17) is 9.47 Å². The lowest BCUT2D eigenvalue weighted by Crippen LogP contribution is -2.46. The lowest BCUT2D eigenvalue weighted by molar-refractivity contribution is -0.159. The molecule has 0 aliphatic heterocycles. The van der Waals surface area contributed by atoms with Crippen LogP contribution in [-0.2, 0) is 20.8 Å². The maximum Gasteiger partial charge on any atom is 0.309 e. The van der Waals surface area contributed by atoms with Crippen LogP contribution in [-0.4, -0.2) is 42.8 Å². The van der Waals surface area contributed by atoms with E-state index in [2.05, 4.69) is 37.9 Å². The first-order valence-corrected chi connectivity index (χ1v) is 8.63. The van der Waals surface area contributed by atoms with Crippen LogP contribution in [0, 0.1) is 5.92 Å². The summed E-state index contributed by atoms with van der Waals surface area (Å²) in [6.45, 7) is 10.8. The second kappa shape index (κ2) is 9.19. The van der Waals surface area contributed by atoms with Crippen LogP contribution in [0.4, 0.5) is 0 Å². The molecule has 24 heavy (non-hydrogen) atoms. The SMILES string of the molecule is COC(CC(=O)OC(C)(C)C)C(C(C)C)N(C)Cc1ccccc1. The number of rotatable bonds is 8. The third-order valence-corrected chi connectivity index (χ3v) is 3.94. The van der Waals surface area contributed by atoms with Gasteiger partial charge in [-0.05, 0) is 39.3 Å². The van der Waals surface area contributed by atoms with E-state index in [0.717, 1.165) is 6.54 Å². The van der Waals surface area contributed by atoms with E-state index >= 15 is 0 Å². The fourth-order valence-corrected chi connectivity index (χ4v) is 3.09. The number of nitrogens with zero attached hydrogens (tertiary/aromatic N) is 1. The van der Waals surface area contributed by atoms with Crippen molar-refractivity contribution in [3.05, 3.63) is 35.9 Å². The Morgan fingerprint density at radius 2 is 1.75 bits per heavy atom. The smallest absolute Gasteiger partial charge is 0.309 e. The number of hydrogen-bond acceptors (Lipinski definition) is 4. The van der Waals surface area contributed by atoms with Gasteiger partial charge < -0.3 is 9.47 Å². The van der Waals surface area contributed by atoms with Gasteiger partial charge in [-0.15, -0.1) is 0 Å². The molecule has 4 nitrogen and oxygen atoms in total. The van der Waals surface area contributed by atoms with E-state index in [1.165, 1.54) is 5.56 Å². The number of carbonyl (C=O) groups is 1. The van der Waals surface area contributed by atoms with Gasteiger partial charge in [0.1, 0.15) is 5.60 Å². The number of likely N-dealkylation sites (N-methyl/N-ethyl adjacent to an activating group) is 1. The molecule has 0 saturated heterocycles. The highest BCUT2D eigenvalue weighted by Crippen LogP contribution is 2.22. The van der Waals surface area contributed by atoms with Gasteiger partial charge in [0.15, 0.2) is 0 Å². The Morgan fingerprint density at radius 3 is 2.21 bits per heavy atom. The molecule has 4 heteroatoms. The van der Waals surface area contributed by atoms with Crippen molar-refractivity contribution >= 4 is 5.97 Å². The van der Waals surface area contributed by atoms with E-state index in [1.54, 1.807) is 7.11 Å². The van der Waals surface area contributed by atoms with E-state index < -0.39 is 5.60 Å². The van der Waals surface area contributed by atoms with Crippen LogP contribution in [0.2, 0.25) is 0 Å². The molecule has 1 aromatic rings. The summed E-state index contributed by atoms with van der Waals surface area (Å²) in [7, 11) is 3.75. The number of methoxy groups -OCH3 is 1. The van der Waals surface area contributed by atoms with Gasteiger partial charge in [0, 0.05) is 19.7 Å². The highest BCUT2D eigenvalue weighted by atomic mass is 16.6. The van der Waals surface area contributed by atoms with Gasteiger partial charge in [-0.1, -0.05) is 44.2 Å². The standard InChI is InChI=1S/C20H33NO3/c1-15(2)19(21(6)14-16-11-9-8-10-12-16)17(23-7)13-18(22)24-20(3,4)5/h8-12,15,17,19H,13-14H2,1-7H3. The second-order valence-corrected chi connectivity index (χ2v) is 7.70. The van der Waals surface area contributed by atoms with Crippen molar-refractivity contribution in [3.8, 4) is 0 Å². The van der Waals surface area contributed by atoms with Crippen molar-refractivity contribution in [3.63, 3.8) is 0 Å². The molecule has 0 fully saturated rings. The largest absolute Gasteiger partial charge is 0.460 e. The minimum absolute atomic E-state index is 0.128. The van der Waals surface area contributed by atoms with Crippen molar-refractivity contribution in [2.45, 2.75) is 65.3 Å². The molecule has 0 radical (unpaired) electrons. The second-order valence-electron chi connectivity index (χ2n) is 7.70.